The van der Waals surface area contributed by atoms with Gasteiger partial charge in [0.1, 0.15) is 0 Å². The first-order valence-corrected chi connectivity index (χ1v) is 6.42. The summed E-state index contributed by atoms with van der Waals surface area (Å²) in [5, 5.41) is 17.6. The van der Waals surface area contributed by atoms with Gasteiger partial charge in [0.15, 0.2) is 0 Å². The number of aliphatic hydroxyl groups is 2. The molecular weight excluding hydrogens is 192 g/mol. The quantitative estimate of drug-likeness (QED) is 0.560. The average Bonchev–Trinajstić information content (AvgIpc) is 2.15. The maximum Gasteiger partial charge on any atom is 0.497 e. The SMILES string of the molecule is CCO[Si](C)(OC)OCC(O)CO. The van der Waals surface area contributed by atoms with Crippen LogP contribution in [0.3, 0.4) is 0 Å². The highest BCUT2D eigenvalue weighted by Crippen LogP contribution is 2.07. The van der Waals surface area contributed by atoms with E-state index in [0.717, 1.165) is 0 Å². The standard InChI is InChI=1S/C7H18O5Si/c1-4-11-13(3,10-2)12-6-7(9)5-8/h7-9H,4-6H2,1-3H3. The van der Waals surface area contributed by atoms with Crippen LogP contribution in [0.4, 0.5) is 0 Å². The lowest BCUT2D eigenvalue weighted by atomic mass is 10.4. The number of hydrogen-bond donors (Lipinski definition) is 2. The van der Waals surface area contributed by atoms with Crippen LogP contribution in [0.1, 0.15) is 6.92 Å². The molecule has 0 fully saturated rings. The molecule has 0 saturated carbocycles. The third-order valence-corrected chi connectivity index (χ3v) is 3.77. The smallest absolute Gasteiger partial charge is 0.394 e. The zero-order valence-electron chi connectivity index (χ0n) is 8.32. The van der Waals surface area contributed by atoms with Gasteiger partial charge in [0, 0.05) is 20.3 Å². The van der Waals surface area contributed by atoms with E-state index in [9.17, 15) is 0 Å². The topological polar surface area (TPSA) is 68.2 Å². The van der Waals surface area contributed by atoms with E-state index in [1.807, 2.05) is 6.92 Å². The molecule has 5 nitrogen and oxygen atoms in total. The Morgan fingerprint density at radius 2 is 2.00 bits per heavy atom. The molecule has 0 aliphatic carbocycles. The minimum atomic E-state index is -2.57. The molecule has 0 spiro atoms. The molecule has 80 valence electrons. The highest BCUT2D eigenvalue weighted by molar-refractivity contribution is 6.59. The van der Waals surface area contributed by atoms with Crippen molar-refractivity contribution < 1.29 is 23.5 Å². The first kappa shape index (κ1) is 13.0. The second-order valence-corrected chi connectivity index (χ2v) is 5.36. The van der Waals surface area contributed by atoms with Crippen molar-refractivity contribution in [2.75, 3.05) is 26.9 Å². The normalized spacial score (nSPS) is 18.2. The van der Waals surface area contributed by atoms with E-state index in [0.29, 0.717) is 6.61 Å². The van der Waals surface area contributed by atoms with Gasteiger partial charge in [-0.2, -0.15) is 0 Å². The summed E-state index contributed by atoms with van der Waals surface area (Å²) in [5.74, 6) is 0. The highest BCUT2D eigenvalue weighted by atomic mass is 28.4. The molecule has 2 atom stereocenters. The van der Waals surface area contributed by atoms with Crippen LogP contribution in [-0.2, 0) is 13.3 Å². The Morgan fingerprint density at radius 3 is 2.38 bits per heavy atom. The summed E-state index contributed by atoms with van der Waals surface area (Å²) in [6, 6.07) is 0. The zero-order chi connectivity index (χ0) is 10.3. The first-order valence-electron chi connectivity index (χ1n) is 4.20. The molecule has 2 N–H and O–H groups in total. The van der Waals surface area contributed by atoms with E-state index in [2.05, 4.69) is 0 Å². The molecule has 0 saturated heterocycles. The van der Waals surface area contributed by atoms with Gasteiger partial charge in [-0.25, -0.2) is 0 Å². The van der Waals surface area contributed by atoms with Crippen LogP contribution in [0.5, 0.6) is 0 Å². The third kappa shape index (κ3) is 5.35. The maximum atomic E-state index is 9.02. The first-order chi connectivity index (χ1) is 6.08. The monoisotopic (exact) mass is 210 g/mol. The van der Waals surface area contributed by atoms with Crippen LogP contribution >= 0.6 is 0 Å². The molecule has 0 aromatic rings. The summed E-state index contributed by atoms with van der Waals surface area (Å²) in [4.78, 5) is 0. The molecule has 0 aliphatic rings. The van der Waals surface area contributed by atoms with Crippen LogP contribution in [0.25, 0.3) is 0 Å². The zero-order valence-corrected chi connectivity index (χ0v) is 9.32. The predicted molar refractivity (Wildman–Crippen MR) is 49.3 cm³/mol. The fourth-order valence-corrected chi connectivity index (χ4v) is 2.06. The third-order valence-electron chi connectivity index (χ3n) is 1.53. The molecule has 6 heteroatoms. The Labute approximate surface area is 79.6 Å². The van der Waals surface area contributed by atoms with E-state index < -0.39 is 14.9 Å². The Morgan fingerprint density at radius 1 is 1.38 bits per heavy atom. The van der Waals surface area contributed by atoms with Gasteiger partial charge < -0.3 is 23.5 Å². The van der Waals surface area contributed by atoms with E-state index >= 15 is 0 Å². The fourth-order valence-electron chi connectivity index (χ4n) is 0.722. The molecule has 0 heterocycles. The minimum absolute atomic E-state index is 0.0348. The lowest BCUT2D eigenvalue weighted by Gasteiger charge is -2.24. The summed E-state index contributed by atoms with van der Waals surface area (Å²) >= 11 is 0. The predicted octanol–water partition coefficient (Wildman–Crippen LogP) is -0.392. The molecular formula is C7H18O5Si. The Hall–Kier alpha value is 0.0169. The van der Waals surface area contributed by atoms with Crippen molar-refractivity contribution in [1.82, 2.24) is 0 Å². The summed E-state index contributed by atoms with van der Waals surface area (Å²) in [5.41, 5.74) is 0. The summed E-state index contributed by atoms with van der Waals surface area (Å²) < 4.78 is 15.6. The van der Waals surface area contributed by atoms with Gasteiger partial charge in [-0.15, -0.1) is 0 Å². The second kappa shape index (κ2) is 6.47. The van der Waals surface area contributed by atoms with E-state index in [1.54, 1.807) is 6.55 Å². The van der Waals surface area contributed by atoms with Gasteiger partial charge in [0.25, 0.3) is 0 Å². The van der Waals surface area contributed by atoms with E-state index in [4.69, 9.17) is 23.5 Å². The van der Waals surface area contributed by atoms with Gasteiger partial charge in [-0.3, -0.25) is 0 Å². The molecule has 0 radical (unpaired) electrons. The van der Waals surface area contributed by atoms with Gasteiger partial charge >= 0.3 is 8.80 Å². The van der Waals surface area contributed by atoms with Crippen molar-refractivity contribution in [3.8, 4) is 0 Å². The maximum absolute atomic E-state index is 9.02. The fraction of sp³-hybridized carbons (Fsp3) is 1.00. The molecule has 2 unspecified atom stereocenters. The van der Waals surface area contributed by atoms with Crippen molar-refractivity contribution in [3.63, 3.8) is 0 Å². The van der Waals surface area contributed by atoms with Gasteiger partial charge in [0.05, 0.1) is 19.3 Å². The van der Waals surface area contributed by atoms with Crippen molar-refractivity contribution in [2.45, 2.75) is 19.6 Å². The van der Waals surface area contributed by atoms with Gasteiger partial charge in [-0.1, -0.05) is 0 Å². The molecule has 0 bridgehead atoms. The second-order valence-electron chi connectivity index (χ2n) is 2.65. The molecule has 13 heavy (non-hydrogen) atoms. The van der Waals surface area contributed by atoms with Crippen LogP contribution in [0.2, 0.25) is 6.55 Å². The van der Waals surface area contributed by atoms with E-state index in [-0.39, 0.29) is 13.2 Å². The lowest BCUT2D eigenvalue weighted by Crippen LogP contribution is -2.43. The Balaban J connectivity index is 3.82. The molecule has 0 aromatic carbocycles. The van der Waals surface area contributed by atoms with Crippen molar-refractivity contribution in [1.29, 1.82) is 0 Å². The van der Waals surface area contributed by atoms with Gasteiger partial charge in [0.2, 0.25) is 0 Å². The number of aliphatic hydroxyl groups excluding tert-OH is 2. The average molecular weight is 210 g/mol. The van der Waals surface area contributed by atoms with Crippen LogP contribution in [0, 0.1) is 0 Å². The largest absolute Gasteiger partial charge is 0.497 e. The Kier molecular flexibility index (Phi) is 6.48. The van der Waals surface area contributed by atoms with Crippen molar-refractivity contribution >= 4 is 8.80 Å². The summed E-state index contributed by atoms with van der Waals surface area (Å²) in [6.45, 7) is 3.80. The summed E-state index contributed by atoms with van der Waals surface area (Å²) in [6.07, 6.45) is -0.873. The van der Waals surface area contributed by atoms with E-state index in [1.165, 1.54) is 7.11 Å². The van der Waals surface area contributed by atoms with Crippen LogP contribution in [-0.4, -0.2) is 52.1 Å². The summed E-state index contributed by atoms with van der Waals surface area (Å²) in [7, 11) is -1.07. The molecule has 0 rings (SSSR count). The van der Waals surface area contributed by atoms with Crippen molar-refractivity contribution in [3.05, 3.63) is 0 Å². The lowest BCUT2D eigenvalue weighted by molar-refractivity contribution is 0.0135. The molecule has 0 aromatic heterocycles. The Bertz CT molecular complexity index is 134. The minimum Gasteiger partial charge on any atom is -0.394 e. The number of rotatable bonds is 7. The number of hydrogen-bond acceptors (Lipinski definition) is 5. The molecule has 0 aliphatic heterocycles. The molecule has 0 amide bonds. The van der Waals surface area contributed by atoms with Crippen molar-refractivity contribution in [2.24, 2.45) is 0 Å². The van der Waals surface area contributed by atoms with Crippen LogP contribution in [0.15, 0.2) is 0 Å². The highest BCUT2D eigenvalue weighted by Gasteiger charge is 2.33. The van der Waals surface area contributed by atoms with Gasteiger partial charge in [-0.05, 0) is 6.92 Å². The van der Waals surface area contributed by atoms with Crippen LogP contribution < -0.4 is 0 Å².